The molecule has 2 aromatic rings. The molecule has 0 bridgehead atoms. The van der Waals surface area contributed by atoms with E-state index in [0.717, 1.165) is 11.3 Å². The Morgan fingerprint density at radius 1 is 1.38 bits per heavy atom. The molecule has 4 N–H and O–H groups in total. The number of aromatic amines is 1. The number of carbonyl (C=O) groups excluding carboxylic acids is 1. The standard InChI is InChI=1S/C16H14N4O3S/c1-23-8-4-2-3-7(5-8)10-11-9(6-24-15(11)22)18-13-12(10)14(21)20-16(17)19-13/h2-5,10H,6H2,1H3,(H4,17,18,19,20,21). The number of thioether (sulfide) groups is 1. The minimum absolute atomic E-state index is 0.0350. The number of nitrogens with two attached hydrogens (primary N) is 1. The van der Waals surface area contributed by atoms with Crippen LogP contribution in [0.1, 0.15) is 17.0 Å². The zero-order valence-corrected chi connectivity index (χ0v) is 13.6. The van der Waals surface area contributed by atoms with Crippen molar-refractivity contribution in [1.29, 1.82) is 0 Å². The molecule has 2 aliphatic rings. The number of carbonyl (C=O) groups is 1. The molecule has 4 rings (SSSR count). The van der Waals surface area contributed by atoms with Gasteiger partial charge in [-0.3, -0.25) is 14.6 Å². The average Bonchev–Trinajstić information content (AvgIpc) is 2.93. The molecule has 24 heavy (non-hydrogen) atoms. The van der Waals surface area contributed by atoms with Gasteiger partial charge < -0.3 is 15.8 Å². The van der Waals surface area contributed by atoms with Crippen molar-refractivity contribution >= 4 is 28.6 Å². The van der Waals surface area contributed by atoms with Gasteiger partial charge in [0, 0.05) is 22.9 Å². The van der Waals surface area contributed by atoms with Crippen LogP contribution in [-0.4, -0.2) is 27.9 Å². The van der Waals surface area contributed by atoms with E-state index < -0.39 is 5.92 Å². The number of fused-ring (bicyclic) bond motifs is 1. The second-order valence-corrected chi connectivity index (χ2v) is 6.46. The number of nitrogens with one attached hydrogen (secondary N) is 2. The molecule has 0 amide bonds. The fraction of sp³-hybridized carbons (Fsp3) is 0.188. The highest BCUT2D eigenvalue weighted by atomic mass is 32.2. The highest BCUT2D eigenvalue weighted by molar-refractivity contribution is 8.14. The Morgan fingerprint density at radius 2 is 2.21 bits per heavy atom. The summed E-state index contributed by atoms with van der Waals surface area (Å²) in [7, 11) is 1.58. The summed E-state index contributed by atoms with van der Waals surface area (Å²) < 4.78 is 5.28. The molecular formula is C16H14N4O3S. The zero-order chi connectivity index (χ0) is 16.8. The first kappa shape index (κ1) is 14.8. The lowest BCUT2D eigenvalue weighted by Gasteiger charge is -2.26. The zero-order valence-electron chi connectivity index (χ0n) is 12.8. The molecule has 7 nitrogen and oxygen atoms in total. The number of nitrogen functional groups attached to an aromatic ring is 1. The van der Waals surface area contributed by atoms with Gasteiger partial charge in [-0.25, -0.2) is 0 Å². The summed E-state index contributed by atoms with van der Waals surface area (Å²) >= 11 is 1.21. The molecule has 0 fully saturated rings. The molecular weight excluding hydrogens is 328 g/mol. The molecule has 0 radical (unpaired) electrons. The maximum atomic E-state index is 12.5. The van der Waals surface area contributed by atoms with Gasteiger partial charge in [0.2, 0.25) is 11.1 Å². The third-order valence-electron chi connectivity index (χ3n) is 4.14. The summed E-state index contributed by atoms with van der Waals surface area (Å²) in [5, 5.41) is 3.06. The van der Waals surface area contributed by atoms with Crippen molar-refractivity contribution in [2.75, 3.05) is 23.9 Å². The van der Waals surface area contributed by atoms with Crippen LogP contribution in [0.25, 0.3) is 0 Å². The number of benzene rings is 1. The largest absolute Gasteiger partial charge is 0.497 e. The Morgan fingerprint density at radius 3 is 3.00 bits per heavy atom. The minimum atomic E-state index is -0.495. The lowest BCUT2D eigenvalue weighted by atomic mass is 9.83. The van der Waals surface area contributed by atoms with Crippen molar-refractivity contribution in [1.82, 2.24) is 9.97 Å². The van der Waals surface area contributed by atoms with Crippen LogP contribution in [0.2, 0.25) is 0 Å². The fourth-order valence-electron chi connectivity index (χ4n) is 3.12. The highest BCUT2D eigenvalue weighted by Gasteiger charge is 2.39. The Hall–Kier alpha value is -2.74. The van der Waals surface area contributed by atoms with E-state index >= 15 is 0 Å². The molecule has 1 unspecified atom stereocenters. The third kappa shape index (κ3) is 2.18. The van der Waals surface area contributed by atoms with E-state index in [-0.39, 0.29) is 16.6 Å². The van der Waals surface area contributed by atoms with Gasteiger partial charge in [-0.1, -0.05) is 23.9 Å². The van der Waals surface area contributed by atoms with Crippen molar-refractivity contribution in [3.05, 3.63) is 57.0 Å². The van der Waals surface area contributed by atoms with Gasteiger partial charge in [0.15, 0.2) is 0 Å². The van der Waals surface area contributed by atoms with Gasteiger partial charge in [0.05, 0.1) is 12.7 Å². The number of methoxy groups -OCH3 is 1. The predicted molar refractivity (Wildman–Crippen MR) is 92.2 cm³/mol. The first-order valence-electron chi connectivity index (χ1n) is 7.29. The predicted octanol–water partition coefficient (Wildman–Crippen LogP) is 1.45. The number of aromatic nitrogens is 2. The molecule has 0 spiro atoms. The van der Waals surface area contributed by atoms with Crippen molar-refractivity contribution in [2.24, 2.45) is 0 Å². The van der Waals surface area contributed by atoms with Gasteiger partial charge in [-0.2, -0.15) is 4.98 Å². The maximum absolute atomic E-state index is 12.5. The Bertz CT molecular complexity index is 951. The van der Waals surface area contributed by atoms with Crippen molar-refractivity contribution < 1.29 is 9.53 Å². The Labute approximate surface area is 141 Å². The van der Waals surface area contributed by atoms with Gasteiger partial charge in [0.1, 0.15) is 11.6 Å². The minimum Gasteiger partial charge on any atom is -0.497 e. The van der Waals surface area contributed by atoms with E-state index in [1.807, 2.05) is 24.3 Å². The number of H-pyrrole nitrogens is 1. The first-order chi connectivity index (χ1) is 11.6. The normalized spacial score (nSPS) is 18.9. The lowest BCUT2D eigenvalue weighted by Crippen LogP contribution is -2.29. The number of hydrogen-bond donors (Lipinski definition) is 3. The monoisotopic (exact) mass is 342 g/mol. The lowest BCUT2D eigenvalue weighted by molar-refractivity contribution is -0.107. The van der Waals surface area contributed by atoms with E-state index in [1.54, 1.807) is 7.11 Å². The summed E-state index contributed by atoms with van der Waals surface area (Å²) in [4.78, 5) is 31.7. The number of nitrogens with zero attached hydrogens (tertiary/aromatic N) is 1. The average molecular weight is 342 g/mol. The second-order valence-electron chi connectivity index (χ2n) is 5.52. The summed E-state index contributed by atoms with van der Waals surface area (Å²) in [6, 6.07) is 7.36. The maximum Gasteiger partial charge on any atom is 0.258 e. The topological polar surface area (TPSA) is 110 Å². The van der Waals surface area contributed by atoms with Crippen LogP contribution in [0.4, 0.5) is 11.8 Å². The molecule has 1 aromatic heterocycles. The molecule has 0 saturated heterocycles. The second kappa shape index (κ2) is 5.41. The molecule has 2 aliphatic heterocycles. The van der Waals surface area contributed by atoms with Crippen LogP contribution >= 0.6 is 11.8 Å². The highest BCUT2D eigenvalue weighted by Crippen LogP contribution is 2.45. The number of rotatable bonds is 2. The molecule has 8 heteroatoms. The summed E-state index contributed by atoms with van der Waals surface area (Å²) in [6.45, 7) is 0. The quantitative estimate of drug-likeness (QED) is 0.757. The van der Waals surface area contributed by atoms with Gasteiger partial charge >= 0.3 is 0 Å². The molecule has 3 heterocycles. The Balaban J connectivity index is 1.99. The van der Waals surface area contributed by atoms with E-state index in [2.05, 4.69) is 15.3 Å². The summed E-state index contributed by atoms with van der Waals surface area (Å²) in [6.07, 6.45) is 0. The number of anilines is 2. The van der Waals surface area contributed by atoms with E-state index in [1.165, 1.54) is 11.8 Å². The number of hydrogen-bond acceptors (Lipinski definition) is 7. The van der Waals surface area contributed by atoms with Crippen LogP contribution < -0.4 is 21.3 Å². The Kier molecular flexibility index (Phi) is 3.34. The fourth-order valence-corrected chi connectivity index (χ4v) is 4.02. The first-order valence-corrected chi connectivity index (χ1v) is 8.28. The molecule has 122 valence electrons. The third-order valence-corrected chi connectivity index (χ3v) is 5.06. The molecule has 1 aromatic carbocycles. The smallest absolute Gasteiger partial charge is 0.258 e. The van der Waals surface area contributed by atoms with Crippen LogP contribution in [0.3, 0.4) is 0 Å². The van der Waals surface area contributed by atoms with Crippen molar-refractivity contribution in [3.63, 3.8) is 0 Å². The summed E-state index contributed by atoms with van der Waals surface area (Å²) in [5.74, 6) is 1.13. The van der Waals surface area contributed by atoms with E-state index in [0.29, 0.717) is 28.5 Å². The number of ether oxygens (including phenoxy) is 1. The summed E-state index contributed by atoms with van der Waals surface area (Å²) in [5.41, 5.74) is 7.88. The van der Waals surface area contributed by atoms with E-state index in [4.69, 9.17) is 10.5 Å². The van der Waals surface area contributed by atoms with Crippen LogP contribution in [0, 0.1) is 0 Å². The molecule has 0 aliphatic carbocycles. The van der Waals surface area contributed by atoms with Crippen LogP contribution in [0.15, 0.2) is 40.3 Å². The van der Waals surface area contributed by atoms with Crippen molar-refractivity contribution in [2.45, 2.75) is 5.92 Å². The van der Waals surface area contributed by atoms with Gasteiger partial charge in [0.25, 0.3) is 5.56 Å². The van der Waals surface area contributed by atoms with E-state index in [9.17, 15) is 9.59 Å². The van der Waals surface area contributed by atoms with Gasteiger partial charge in [-0.05, 0) is 17.7 Å². The van der Waals surface area contributed by atoms with Crippen LogP contribution in [0.5, 0.6) is 5.75 Å². The molecule has 0 saturated carbocycles. The van der Waals surface area contributed by atoms with Crippen LogP contribution in [-0.2, 0) is 4.79 Å². The molecule has 1 atom stereocenters. The van der Waals surface area contributed by atoms with Crippen molar-refractivity contribution in [3.8, 4) is 5.75 Å². The SMILES string of the molecule is COc1cccc(C2C3=C(CSC3=O)Nc3nc(N)[nH]c(=O)c32)c1. The van der Waals surface area contributed by atoms with Gasteiger partial charge in [-0.15, -0.1) is 0 Å².